The van der Waals surface area contributed by atoms with Gasteiger partial charge in [-0.25, -0.2) is 0 Å². The second-order valence-corrected chi connectivity index (χ2v) is 4.21. The van der Waals surface area contributed by atoms with Gasteiger partial charge in [0.2, 0.25) is 0 Å². The molecule has 0 atom stereocenters. The number of aromatic nitrogens is 1. The van der Waals surface area contributed by atoms with E-state index < -0.39 is 0 Å². The third kappa shape index (κ3) is 2.13. The molecule has 0 aliphatic heterocycles. The Kier molecular flexibility index (Phi) is 2.81. The van der Waals surface area contributed by atoms with Gasteiger partial charge in [-0.1, -0.05) is 32.4 Å². The van der Waals surface area contributed by atoms with Crippen molar-refractivity contribution in [2.24, 2.45) is 0 Å². The van der Waals surface area contributed by atoms with Crippen LogP contribution in [0.1, 0.15) is 32.8 Å². The molecule has 1 aromatic rings. The zero-order chi connectivity index (χ0) is 10.1. The Hall–Kier alpha value is -0.760. The number of aromatic amines is 1. The van der Waals surface area contributed by atoms with E-state index in [1.54, 1.807) is 12.3 Å². The second-order valence-electron chi connectivity index (χ2n) is 3.80. The van der Waals surface area contributed by atoms with E-state index in [0.717, 1.165) is 12.0 Å². The highest BCUT2D eigenvalue weighted by Crippen LogP contribution is 2.26. The van der Waals surface area contributed by atoms with Gasteiger partial charge >= 0.3 is 0 Å². The Morgan fingerprint density at radius 2 is 2.15 bits per heavy atom. The van der Waals surface area contributed by atoms with Gasteiger partial charge in [-0.15, -0.1) is 0 Å². The lowest BCUT2D eigenvalue weighted by Gasteiger charge is -2.22. The summed E-state index contributed by atoms with van der Waals surface area (Å²) in [6, 6.07) is 1.74. The minimum atomic E-state index is -0.225. The summed E-state index contributed by atoms with van der Waals surface area (Å²) >= 11 is 5.73. The fourth-order valence-electron chi connectivity index (χ4n) is 1.05. The van der Waals surface area contributed by atoms with E-state index in [0.29, 0.717) is 0 Å². The highest BCUT2D eigenvalue weighted by molar-refractivity contribution is 6.30. The first kappa shape index (κ1) is 10.3. The minimum Gasteiger partial charge on any atom is -0.328 e. The van der Waals surface area contributed by atoms with E-state index in [9.17, 15) is 4.79 Å². The molecule has 0 amide bonds. The zero-order valence-corrected chi connectivity index (χ0v) is 8.90. The van der Waals surface area contributed by atoms with Crippen LogP contribution in [0.4, 0.5) is 0 Å². The molecule has 2 nitrogen and oxygen atoms in total. The molecule has 1 aromatic heterocycles. The molecule has 0 saturated heterocycles. The molecule has 1 heterocycles. The number of hydrogen-bond acceptors (Lipinski definition) is 1. The van der Waals surface area contributed by atoms with Crippen molar-refractivity contribution in [1.82, 2.24) is 4.98 Å². The van der Waals surface area contributed by atoms with Crippen LogP contribution in [0.2, 0.25) is 5.02 Å². The molecule has 0 saturated carbocycles. The summed E-state index contributed by atoms with van der Waals surface area (Å²) in [6.45, 7) is 6.35. The molecule has 0 unspecified atom stereocenters. The predicted octanol–water partition coefficient (Wildman–Crippen LogP) is 2.72. The van der Waals surface area contributed by atoms with Gasteiger partial charge in [-0.2, -0.15) is 0 Å². The van der Waals surface area contributed by atoms with Crippen LogP contribution >= 0.6 is 11.6 Å². The van der Waals surface area contributed by atoms with Gasteiger partial charge in [0.05, 0.1) is 0 Å². The first-order chi connectivity index (χ1) is 5.97. The van der Waals surface area contributed by atoms with E-state index in [1.165, 1.54) is 0 Å². The van der Waals surface area contributed by atoms with Gasteiger partial charge < -0.3 is 4.98 Å². The van der Waals surface area contributed by atoms with E-state index >= 15 is 0 Å². The number of rotatable bonds is 2. The van der Waals surface area contributed by atoms with Crippen molar-refractivity contribution >= 4 is 11.6 Å². The molecule has 0 aliphatic rings. The van der Waals surface area contributed by atoms with Crippen LogP contribution in [0.5, 0.6) is 0 Å². The molecular weight excluding hydrogens is 186 g/mol. The largest absolute Gasteiger partial charge is 0.328 e. The average Bonchev–Trinajstić information content (AvgIpc) is 2.09. The minimum absolute atomic E-state index is 0.0633. The SMILES string of the molecule is CCC(C)(C)c1c[nH]c(=O)c(Cl)c1. The van der Waals surface area contributed by atoms with Crippen LogP contribution in [-0.4, -0.2) is 4.98 Å². The number of hydrogen-bond donors (Lipinski definition) is 1. The van der Waals surface area contributed by atoms with Crippen LogP contribution in [-0.2, 0) is 5.41 Å². The van der Waals surface area contributed by atoms with Crippen LogP contribution in [0.3, 0.4) is 0 Å². The van der Waals surface area contributed by atoms with Crippen LogP contribution in [0.15, 0.2) is 17.1 Å². The van der Waals surface area contributed by atoms with E-state index in [4.69, 9.17) is 11.6 Å². The molecule has 0 spiro atoms. The topological polar surface area (TPSA) is 32.9 Å². The lowest BCUT2D eigenvalue weighted by molar-refractivity contribution is 0.504. The lowest BCUT2D eigenvalue weighted by atomic mass is 9.83. The van der Waals surface area contributed by atoms with Crippen molar-refractivity contribution in [1.29, 1.82) is 0 Å². The Labute approximate surface area is 82.9 Å². The smallest absolute Gasteiger partial charge is 0.266 e. The number of halogens is 1. The third-order valence-electron chi connectivity index (χ3n) is 2.52. The molecule has 1 rings (SSSR count). The molecule has 3 heteroatoms. The fraction of sp³-hybridized carbons (Fsp3) is 0.500. The quantitative estimate of drug-likeness (QED) is 0.781. The highest BCUT2D eigenvalue weighted by Gasteiger charge is 2.18. The monoisotopic (exact) mass is 199 g/mol. The van der Waals surface area contributed by atoms with Gasteiger partial charge in [0.1, 0.15) is 5.02 Å². The normalized spacial score (nSPS) is 11.7. The molecule has 0 radical (unpaired) electrons. The summed E-state index contributed by atoms with van der Waals surface area (Å²) in [5.41, 5.74) is 0.908. The van der Waals surface area contributed by atoms with Gasteiger partial charge in [-0.3, -0.25) is 4.79 Å². The summed E-state index contributed by atoms with van der Waals surface area (Å²) in [7, 11) is 0. The maximum Gasteiger partial charge on any atom is 0.266 e. The number of H-pyrrole nitrogens is 1. The Bertz CT molecular complexity index is 354. The van der Waals surface area contributed by atoms with Crippen molar-refractivity contribution in [3.63, 3.8) is 0 Å². The molecule has 1 N–H and O–H groups in total. The van der Waals surface area contributed by atoms with E-state index in [-0.39, 0.29) is 16.0 Å². The maximum atomic E-state index is 11.0. The molecule has 0 aliphatic carbocycles. The summed E-state index contributed by atoms with van der Waals surface area (Å²) < 4.78 is 0. The summed E-state index contributed by atoms with van der Waals surface area (Å²) in [5.74, 6) is 0. The summed E-state index contributed by atoms with van der Waals surface area (Å²) in [5, 5.41) is 0.263. The predicted molar refractivity (Wildman–Crippen MR) is 55.4 cm³/mol. The lowest BCUT2D eigenvalue weighted by Crippen LogP contribution is -2.18. The Balaban J connectivity index is 3.18. The Morgan fingerprint density at radius 1 is 1.54 bits per heavy atom. The maximum absolute atomic E-state index is 11.0. The van der Waals surface area contributed by atoms with Gasteiger partial charge in [0.15, 0.2) is 0 Å². The summed E-state index contributed by atoms with van der Waals surface area (Å²) in [4.78, 5) is 13.6. The molecule has 0 aromatic carbocycles. The van der Waals surface area contributed by atoms with Crippen molar-refractivity contribution in [3.05, 3.63) is 33.2 Å². The molecule has 0 fully saturated rings. The number of pyridine rings is 1. The van der Waals surface area contributed by atoms with E-state index in [1.807, 2.05) is 0 Å². The van der Waals surface area contributed by atoms with Gasteiger partial charge in [0.25, 0.3) is 5.56 Å². The fourth-order valence-corrected chi connectivity index (χ4v) is 1.22. The van der Waals surface area contributed by atoms with E-state index in [2.05, 4.69) is 25.8 Å². The van der Waals surface area contributed by atoms with Gasteiger partial charge in [0, 0.05) is 6.20 Å². The average molecular weight is 200 g/mol. The van der Waals surface area contributed by atoms with Crippen molar-refractivity contribution in [3.8, 4) is 0 Å². The second kappa shape index (κ2) is 3.54. The summed E-state index contributed by atoms with van der Waals surface area (Å²) in [6.07, 6.45) is 2.74. The third-order valence-corrected chi connectivity index (χ3v) is 2.80. The van der Waals surface area contributed by atoms with Gasteiger partial charge in [-0.05, 0) is 23.5 Å². The molecule has 0 bridgehead atoms. The van der Waals surface area contributed by atoms with Crippen molar-refractivity contribution < 1.29 is 0 Å². The standard InChI is InChI=1S/C10H14ClNO/c1-4-10(2,3)7-5-8(11)9(13)12-6-7/h5-6H,4H2,1-3H3,(H,12,13). The molecular formula is C10H14ClNO. The highest BCUT2D eigenvalue weighted by atomic mass is 35.5. The first-order valence-electron chi connectivity index (χ1n) is 4.36. The Morgan fingerprint density at radius 3 is 2.62 bits per heavy atom. The number of nitrogens with one attached hydrogen (secondary N) is 1. The zero-order valence-electron chi connectivity index (χ0n) is 8.15. The first-order valence-corrected chi connectivity index (χ1v) is 4.74. The molecule has 72 valence electrons. The van der Waals surface area contributed by atoms with Crippen molar-refractivity contribution in [2.75, 3.05) is 0 Å². The van der Waals surface area contributed by atoms with Crippen LogP contribution in [0, 0.1) is 0 Å². The van der Waals surface area contributed by atoms with Crippen LogP contribution in [0.25, 0.3) is 0 Å². The van der Waals surface area contributed by atoms with Crippen LogP contribution < -0.4 is 5.56 Å². The van der Waals surface area contributed by atoms with Crippen molar-refractivity contribution in [2.45, 2.75) is 32.6 Å². The molecule has 13 heavy (non-hydrogen) atoms.